The molecule has 0 saturated carbocycles. The zero-order chi connectivity index (χ0) is 6.15. The summed E-state index contributed by atoms with van der Waals surface area (Å²) in [4.78, 5) is 0. The number of hydroxylamine groups is 1. The van der Waals surface area contributed by atoms with Crippen LogP contribution in [0.4, 0.5) is 0 Å². The summed E-state index contributed by atoms with van der Waals surface area (Å²) in [6, 6.07) is 0. The number of rotatable bonds is 0. The summed E-state index contributed by atoms with van der Waals surface area (Å²) in [5.41, 5.74) is 0.991. The molecule has 0 aromatic carbocycles. The fraction of sp³-hybridized carbons (Fsp3) is 0.833. The lowest BCUT2D eigenvalue weighted by molar-refractivity contribution is -0.448. The molecule has 1 aliphatic heterocycles. The first-order valence-electron chi connectivity index (χ1n) is 3.00. The summed E-state index contributed by atoms with van der Waals surface area (Å²) in [6.07, 6.45) is 1.04. The van der Waals surface area contributed by atoms with E-state index in [1.807, 2.05) is 6.92 Å². The lowest BCUT2D eigenvalue weighted by Gasteiger charge is -1.96. The first-order valence-corrected chi connectivity index (χ1v) is 3.00. The highest BCUT2D eigenvalue weighted by Gasteiger charge is 2.20. The normalized spacial score (nSPS) is 29.5. The van der Waals surface area contributed by atoms with Gasteiger partial charge in [-0.2, -0.15) is 0 Å². The average Bonchev–Trinajstić information content (AvgIpc) is 1.98. The Balaban J connectivity index is 2.71. The standard InChI is InChI=1S/C6H11NO/c1-5-3-4-7(8)6(5)2/h5H,3-4H2,1-2H3. The highest BCUT2D eigenvalue weighted by molar-refractivity contribution is 5.80. The smallest absolute Gasteiger partial charge is 0.163 e. The summed E-state index contributed by atoms with van der Waals surface area (Å²) in [5, 5.41) is 10.7. The van der Waals surface area contributed by atoms with E-state index in [4.69, 9.17) is 0 Å². The predicted octanol–water partition coefficient (Wildman–Crippen LogP) is 0.997. The second-order valence-electron chi connectivity index (χ2n) is 2.43. The maximum Gasteiger partial charge on any atom is 0.163 e. The molecular formula is C6H11NO. The van der Waals surface area contributed by atoms with Crippen molar-refractivity contribution in [2.75, 3.05) is 6.54 Å². The van der Waals surface area contributed by atoms with Gasteiger partial charge in [0.15, 0.2) is 12.3 Å². The maximum atomic E-state index is 10.7. The van der Waals surface area contributed by atoms with E-state index < -0.39 is 0 Å². The molecule has 0 radical (unpaired) electrons. The Morgan fingerprint density at radius 3 is 2.50 bits per heavy atom. The average molecular weight is 113 g/mol. The maximum absolute atomic E-state index is 10.7. The van der Waals surface area contributed by atoms with Gasteiger partial charge in [-0.25, -0.2) is 4.74 Å². The molecule has 46 valence electrons. The molecule has 1 rings (SSSR count). The molecule has 0 amide bonds. The summed E-state index contributed by atoms with van der Waals surface area (Å²) >= 11 is 0. The Hall–Kier alpha value is -0.530. The van der Waals surface area contributed by atoms with Crippen molar-refractivity contribution in [2.24, 2.45) is 5.92 Å². The molecule has 1 unspecified atom stereocenters. The van der Waals surface area contributed by atoms with Gasteiger partial charge >= 0.3 is 0 Å². The van der Waals surface area contributed by atoms with Gasteiger partial charge in [-0.1, -0.05) is 6.92 Å². The van der Waals surface area contributed by atoms with Crippen molar-refractivity contribution in [3.8, 4) is 0 Å². The summed E-state index contributed by atoms with van der Waals surface area (Å²) < 4.78 is 1.09. The summed E-state index contributed by atoms with van der Waals surface area (Å²) in [7, 11) is 0. The fourth-order valence-electron chi connectivity index (χ4n) is 0.942. The first-order chi connectivity index (χ1) is 3.72. The molecule has 0 spiro atoms. The number of nitrogens with zero attached hydrogens (tertiary/aromatic N) is 1. The molecule has 0 saturated heterocycles. The zero-order valence-corrected chi connectivity index (χ0v) is 5.35. The van der Waals surface area contributed by atoms with E-state index in [-0.39, 0.29) is 0 Å². The number of hydrogen-bond acceptors (Lipinski definition) is 1. The van der Waals surface area contributed by atoms with Crippen LogP contribution in [0, 0.1) is 11.1 Å². The van der Waals surface area contributed by atoms with Crippen molar-refractivity contribution < 1.29 is 4.74 Å². The van der Waals surface area contributed by atoms with Gasteiger partial charge in [-0.3, -0.25) is 0 Å². The van der Waals surface area contributed by atoms with Crippen LogP contribution in [-0.4, -0.2) is 17.0 Å². The van der Waals surface area contributed by atoms with E-state index in [2.05, 4.69) is 6.92 Å². The lowest BCUT2D eigenvalue weighted by atomic mass is 10.1. The van der Waals surface area contributed by atoms with Crippen LogP contribution in [0.2, 0.25) is 0 Å². The minimum atomic E-state index is 0.521. The van der Waals surface area contributed by atoms with Crippen molar-refractivity contribution >= 4 is 5.71 Å². The molecule has 1 aliphatic rings. The highest BCUT2D eigenvalue weighted by Crippen LogP contribution is 2.10. The van der Waals surface area contributed by atoms with Crippen LogP contribution in [0.15, 0.2) is 0 Å². The van der Waals surface area contributed by atoms with Crippen LogP contribution in [0.3, 0.4) is 0 Å². The zero-order valence-electron chi connectivity index (χ0n) is 5.35. The van der Waals surface area contributed by atoms with Crippen LogP contribution < -0.4 is 0 Å². The van der Waals surface area contributed by atoms with Gasteiger partial charge in [0.25, 0.3) is 0 Å². The van der Waals surface area contributed by atoms with E-state index in [9.17, 15) is 5.21 Å². The predicted molar refractivity (Wildman–Crippen MR) is 33.0 cm³/mol. The molecular weight excluding hydrogens is 102 g/mol. The van der Waals surface area contributed by atoms with E-state index in [0.29, 0.717) is 12.5 Å². The molecule has 1 heterocycles. The SMILES string of the molecule is CC1=[N+]([O-])CCC1C. The minimum Gasteiger partial charge on any atom is -0.624 e. The van der Waals surface area contributed by atoms with Gasteiger partial charge in [0.1, 0.15) is 0 Å². The molecule has 1 atom stereocenters. The van der Waals surface area contributed by atoms with Crippen LogP contribution >= 0.6 is 0 Å². The van der Waals surface area contributed by atoms with Crippen molar-refractivity contribution in [1.29, 1.82) is 0 Å². The molecule has 0 bridgehead atoms. The Morgan fingerprint density at radius 1 is 1.75 bits per heavy atom. The van der Waals surface area contributed by atoms with Crippen LogP contribution in [-0.2, 0) is 0 Å². The Kier molecular flexibility index (Phi) is 1.24. The minimum absolute atomic E-state index is 0.521. The highest BCUT2D eigenvalue weighted by atomic mass is 16.5. The third kappa shape index (κ3) is 0.703. The van der Waals surface area contributed by atoms with E-state index in [1.54, 1.807) is 0 Å². The second kappa shape index (κ2) is 1.77. The van der Waals surface area contributed by atoms with Crippen LogP contribution in [0.5, 0.6) is 0 Å². The third-order valence-corrected chi connectivity index (χ3v) is 1.87. The van der Waals surface area contributed by atoms with Gasteiger partial charge in [0.05, 0.1) is 0 Å². The molecule has 0 aromatic rings. The summed E-state index contributed by atoms with van der Waals surface area (Å²) in [5.74, 6) is 0.521. The van der Waals surface area contributed by atoms with Crippen molar-refractivity contribution in [2.45, 2.75) is 20.3 Å². The van der Waals surface area contributed by atoms with Crippen molar-refractivity contribution in [3.05, 3.63) is 5.21 Å². The summed E-state index contributed by atoms with van der Waals surface area (Å²) in [6.45, 7) is 4.70. The molecule has 0 aromatic heterocycles. The first kappa shape index (κ1) is 5.60. The quantitative estimate of drug-likeness (QED) is 0.340. The van der Waals surface area contributed by atoms with Gasteiger partial charge < -0.3 is 5.21 Å². The lowest BCUT2D eigenvalue weighted by Crippen LogP contribution is -2.06. The molecule has 0 N–H and O–H groups in total. The van der Waals surface area contributed by atoms with Crippen LogP contribution in [0.25, 0.3) is 0 Å². The van der Waals surface area contributed by atoms with E-state index in [0.717, 1.165) is 16.9 Å². The number of hydrogen-bond donors (Lipinski definition) is 0. The van der Waals surface area contributed by atoms with Gasteiger partial charge in [0, 0.05) is 19.3 Å². The molecule has 2 heteroatoms. The largest absolute Gasteiger partial charge is 0.624 e. The molecule has 2 nitrogen and oxygen atoms in total. The molecule has 8 heavy (non-hydrogen) atoms. The molecule has 0 aliphatic carbocycles. The van der Waals surface area contributed by atoms with Gasteiger partial charge in [0.2, 0.25) is 0 Å². The van der Waals surface area contributed by atoms with E-state index >= 15 is 0 Å². The Morgan fingerprint density at radius 2 is 2.38 bits per heavy atom. The van der Waals surface area contributed by atoms with Crippen molar-refractivity contribution in [3.63, 3.8) is 0 Å². The Bertz CT molecular complexity index is 128. The van der Waals surface area contributed by atoms with Crippen LogP contribution in [0.1, 0.15) is 20.3 Å². The third-order valence-electron chi connectivity index (χ3n) is 1.87. The van der Waals surface area contributed by atoms with E-state index in [1.165, 1.54) is 0 Å². The Labute approximate surface area is 49.4 Å². The fourth-order valence-corrected chi connectivity index (χ4v) is 0.942. The monoisotopic (exact) mass is 113 g/mol. The second-order valence-corrected chi connectivity index (χ2v) is 2.43. The van der Waals surface area contributed by atoms with Gasteiger partial charge in [-0.05, 0) is 0 Å². The van der Waals surface area contributed by atoms with Gasteiger partial charge in [-0.15, -0.1) is 0 Å². The topological polar surface area (TPSA) is 26.1 Å². The van der Waals surface area contributed by atoms with Crippen molar-refractivity contribution in [1.82, 2.24) is 0 Å². The molecule has 0 fully saturated rings.